The van der Waals surface area contributed by atoms with Crippen molar-refractivity contribution in [3.8, 4) is 5.75 Å². The van der Waals surface area contributed by atoms with E-state index < -0.39 is 0 Å². The summed E-state index contributed by atoms with van der Waals surface area (Å²) in [6.45, 7) is 3.26. The summed E-state index contributed by atoms with van der Waals surface area (Å²) in [6.07, 6.45) is 6.01. The molecule has 1 aromatic carbocycles. The summed E-state index contributed by atoms with van der Waals surface area (Å²) in [5.41, 5.74) is 0. The third-order valence-electron chi connectivity index (χ3n) is 4.24. The first kappa shape index (κ1) is 16.5. The summed E-state index contributed by atoms with van der Waals surface area (Å²) in [5.74, 6) is 0.879. The normalized spacial score (nSPS) is 17.8. The first-order valence-electron chi connectivity index (χ1n) is 8.47. The minimum absolute atomic E-state index is 0.0547. The summed E-state index contributed by atoms with van der Waals surface area (Å²) in [6, 6.07) is 11.9. The number of nitrogens with zero attached hydrogens (tertiary/aromatic N) is 3. The highest BCUT2D eigenvalue weighted by Crippen LogP contribution is 2.18. The SMILES string of the molecule is O=C(CN1CCCC1Cn1cccn1)NCCOc1ccccc1. The van der Waals surface area contributed by atoms with E-state index in [1.165, 1.54) is 0 Å². The molecule has 3 rings (SSSR count). The molecule has 6 heteroatoms. The fourth-order valence-corrected chi connectivity index (χ4v) is 3.05. The van der Waals surface area contributed by atoms with Crippen molar-refractivity contribution in [2.24, 2.45) is 0 Å². The molecule has 1 fully saturated rings. The van der Waals surface area contributed by atoms with Crippen LogP contribution in [0.1, 0.15) is 12.8 Å². The number of likely N-dealkylation sites (tertiary alicyclic amines) is 1. The van der Waals surface area contributed by atoms with Crippen molar-refractivity contribution < 1.29 is 9.53 Å². The van der Waals surface area contributed by atoms with Gasteiger partial charge in [0.25, 0.3) is 0 Å². The predicted octanol–water partition coefficient (Wildman–Crippen LogP) is 1.54. The Morgan fingerprint density at radius 2 is 2.17 bits per heavy atom. The molecule has 1 atom stereocenters. The lowest BCUT2D eigenvalue weighted by Crippen LogP contribution is -2.42. The van der Waals surface area contributed by atoms with Gasteiger partial charge in [-0.1, -0.05) is 18.2 Å². The van der Waals surface area contributed by atoms with Crippen LogP contribution in [0.4, 0.5) is 0 Å². The zero-order chi connectivity index (χ0) is 16.6. The van der Waals surface area contributed by atoms with E-state index in [4.69, 9.17) is 4.74 Å². The number of para-hydroxylation sites is 1. The summed E-state index contributed by atoms with van der Waals surface area (Å²) in [7, 11) is 0. The summed E-state index contributed by atoms with van der Waals surface area (Å²) < 4.78 is 7.52. The second-order valence-electron chi connectivity index (χ2n) is 6.01. The molecule has 1 saturated heterocycles. The number of hydrogen-bond acceptors (Lipinski definition) is 4. The number of amides is 1. The third-order valence-corrected chi connectivity index (χ3v) is 4.24. The van der Waals surface area contributed by atoms with Gasteiger partial charge in [0.15, 0.2) is 0 Å². The van der Waals surface area contributed by atoms with Crippen LogP contribution >= 0.6 is 0 Å². The maximum atomic E-state index is 12.1. The lowest BCUT2D eigenvalue weighted by atomic mass is 10.2. The van der Waals surface area contributed by atoms with Gasteiger partial charge in [-0.05, 0) is 37.6 Å². The minimum atomic E-state index is 0.0547. The molecule has 24 heavy (non-hydrogen) atoms. The van der Waals surface area contributed by atoms with Crippen molar-refractivity contribution in [3.05, 3.63) is 48.8 Å². The Morgan fingerprint density at radius 1 is 1.29 bits per heavy atom. The number of nitrogens with one attached hydrogen (secondary N) is 1. The number of rotatable bonds is 8. The van der Waals surface area contributed by atoms with Crippen LogP contribution in [0.15, 0.2) is 48.8 Å². The zero-order valence-electron chi connectivity index (χ0n) is 13.8. The number of carbonyl (C=O) groups excluding carboxylic acids is 1. The smallest absolute Gasteiger partial charge is 0.234 e. The Hall–Kier alpha value is -2.34. The molecule has 6 nitrogen and oxygen atoms in total. The molecule has 0 radical (unpaired) electrons. The second kappa shape index (κ2) is 8.49. The van der Waals surface area contributed by atoms with Crippen molar-refractivity contribution >= 4 is 5.91 Å². The first-order valence-corrected chi connectivity index (χ1v) is 8.47. The van der Waals surface area contributed by atoms with Gasteiger partial charge < -0.3 is 10.1 Å². The minimum Gasteiger partial charge on any atom is -0.492 e. The monoisotopic (exact) mass is 328 g/mol. The fraction of sp³-hybridized carbons (Fsp3) is 0.444. The van der Waals surface area contributed by atoms with E-state index in [0.29, 0.717) is 25.7 Å². The summed E-state index contributed by atoms with van der Waals surface area (Å²) in [5, 5.41) is 7.19. The quantitative estimate of drug-likeness (QED) is 0.747. The topological polar surface area (TPSA) is 59.4 Å². The Bertz CT molecular complexity index is 615. The number of carbonyl (C=O) groups is 1. The maximum absolute atomic E-state index is 12.1. The van der Waals surface area contributed by atoms with Gasteiger partial charge >= 0.3 is 0 Å². The van der Waals surface area contributed by atoms with E-state index in [1.807, 2.05) is 47.3 Å². The molecular formula is C18H24N4O2. The summed E-state index contributed by atoms with van der Waals surface area (Å²) in [4.78, 5) is 14.4. The average molecular weight is 328 g/mol. The highest BCUT2D eigenvalue weighted by atomic mass is 16.5. The number of aromatic nitrogens is 2. The van der Waals surface area contributed by atoms with Gasteiger partial charge in [0.05, 0.1) is 19.6 Å². The molecule has 1 aliphatic rings. The zero-order valence-corrected chi connectivity index (χ0v) is 13.8. The molecule has 2 heterocycles. The molecule has 0 aliphatic carbocycles. The van der Waals surface area contributed by atoms with Crippen LogP contribution in [0.2, 0.25) is 0 Å². The lowest BCUT2D eigenvalue weighted by molar-refractivity contribution is -0.122. The molecule has 1 unspecified atom stereocenters. The molecule has 0 bridgehead atoms. The van der Waals surface area contributed by atoms with E-state index >= 15 is 0 Å². The first-order chi connectivity index (χ1) is 11.8. The standard InChI is InChI=1S/C18H24N4O2/c23-18(19-10-13-24-17-7-2-1-3-8-17)15-21-11-4-6-16(21)14-22-12-5-9-20-22/h1-3,5,7-9,12,16H,4,6,10-11,13-15H2,(H,19,23). The van der Waals surface area contributed by atoms with Crippen LogP contribution in [0.5, 0.6) is 5.75 Å². The number of ether oxygens (including phenoxy) is 1. The van der Waals surface area contributed by atoms with Gasteiger partial charge in [-0.3, -0.25) is 14.4 Å². The van der Waals surface area contributed by atoms with Crippen molar-refractivity contribution in [2.45, 2.75) is 25.4 Å². The number of hydrogen-bond donors (Lipinski definition) is 1. The van der Waals surface area contributed by atoms with Crippen molar-refractivity contribution in [3.63, 3.8) is 0 Å². The maximum Gasteiger partial charge on any atom is 0.234 e. The lowest BCUT2D eigenvalue weighted by Gasteiger charge is -2.23. The van der Waals surface area contributed by atoms with Crippen molar-refractivity contribution in [2.75, 3.05) is 26.2 Å². The van der Waals surface area contributed by atoms with Gasteiger partial charge in [0.1, 0.15) is 12.4 Å². The molecule has 1 aliphatic heterocycles. The molecule has 0 saturated carbocycles. The molecule has 128 valence electrons. The predicted molar refractivity (Wildman–Crippen MR) is 91.8 cm³/mol. The molecule has 1 N–H and O–H groups in total. The van der Waals surface area contributed by atoms with Gasteiger partial charge in [-0.2, -0.15) is 5.10 Å². The second-order valence-corrected chi connectivity index (χ2v) is 6.01. The largest absolute Gasteiger partial charge is 0.492 e. The number of benzene rings is 1. The Labute approximate surface area is 142 Å². The van der Waals surface area contributed by atoms with Crippen molar-refractivity contribution in [1.82, 2.24) is 20.0 Å². The van der Waals surface area contributed by atoms with E-state index in [2.05, 4.69) is 15.3 Å². The van der Waals surface area contributed by atoms with E-state index in [1.54, 1.807) is 6.20 Å². The van der Waals surface area contributed by atoms with Gasteiger partial charge in [0, 0.05) is 18.4 Å². The van der Waals surface area contributed by atoms with Crippen LogP contribution in [0, 0.1) is 0 Å². The van der Waals surface area contributed by atoms with Crippen LogP contribution in [0.25, 0.3) is 0 Å². The van der Waals surface area contributed by atoms with Crippen LogP contribution in [-0.2, 0) is 11.3 Å². The van der Waals surface area contributed by atoms with Crippen molar-refractivity contribution in [1.29, 1.82) is 0 Å². The van der Waals surface area contributed by atoms with Gasteiger partial charge in [0.2, 0.25) is 5.91 Å². The highest BCUT2D eigenvalue weighted by molar-refractivity contribution is 5.78. The molecule has 1 aromatic heterocycles. The third kappa shape index (κ3) is 4.83. The van der Waals surface area contributed by atoms with Gasteiger partial charge in [-0.15, -0.1) is 0 Å². The van der Waals surface area contributed by atoms with E-state index in [0.717, 1.165) is 31.7 Å². The molecule has 1 amide bonds. The van der Waals surface area contributed by atoms with Gasteiger partial charge in [-0.25, -0.2) is 0 Å². The highest BCUT2D eigenvalue weighted by Gasteiger charge is 2.26. The summed E-state index contributed by atoms with van der Waals surface area (Å²) >= 11 is 0. The Balaban J connectivity index is 1.36. The average Bonchev–Trinajstić information content (AvgIpc) is 3.26. The van der Waals surface area contributed by atoms with E-state index in [-0.39, 0.29) is 5.91 Å². The Kier molecular flexibility index (Phi) is 5.85. The van der Waals surface area contributed by atoms with Crippen LogP contribution in [0.3, 0.4) is 0 Å². The molecule has 0 spiro atoms. The van der Waals surface area contributed by atoms with E-state index in [9.17, 15) is 4.79 Å². The van der Waals surface area contributed by atoms with Crippen LogP contribution in [-0.4, -0.2) is 52.9 Å². The van der Waals surface area contributed by atoms with Crippen LogP contribution < -0.4 is 10.1 Å². The molecule has 2 aromatic rings. The fourth-order valence-electron chi connectivity index (χ4n) is 3.05. The Morgan fingerprint density at radius 3 is 2.96 bits per heavy atom. The molecular weight excluding hydrogens is 304 g/mol.